The second-order valence-corrected chi connectivity index (χ2v) is 16.1. The number of carbonyl (C=O) groups is 2. The van der Waals surface area contributed by atoms with Gasteiger partial charge in [0.15, 0.2) is 0 Å². The Kier molecular flexibility index (Phi) is 6.76. The first kappa shape index (κ1) is 28.2. The summed E-state index contributed by atoms with van der Waals surface area (Å²) in [5.74, 6) is 2.00. The number of fused-ring (bicyclic) bond motifs is 7. The highest BCUT2D eigenvalue weighted by Gasteiger charge is 2.70. The van der Waals surface area contributed by atoms with E-state index in [0.717, 1.165) is 12.8 Å². The fourth-order valence-corrected chi connectivity index (χ4v) is 12.7. The number of carboxylic acids is 2. The number of rotatable bonds is 6. The molecule has 0 aromatic rings. The molecule has 0 unspecified atom stereocenters. The van der Waals surface area contributed by atoms with Crippen molar-refractivity contribution >= 4 is 11.9 Å². The minimum absolute atomic E-state index is 0.0551. The monoisotopic (exact) mass is 526 g/mol. The minimum atomic E-state index is -0.645. The van der Waals surface area contributed by atoms with Crippen LogP contribution in [0.2, 0.25) is 0 Å². The summed E-state index contributed by atoms with van der Waals surface area (Å²) in [6.45, 7) is 19.3. The molecule has 5 fully saturated rings. The first-order valence-electron chi connectivity index (χ1n) is 15.7. The van der Waals surface area contributed by atoms with Gasteiger partial charge in [0.25, 0.3) is 0 Å². The summed E-state index contributed by atoms with van der Waals surface area (Å²) in [5.41, 5.74) is 2.35. The summed E-state index contributed by atoms with van der Waals surface area (Å²) >= 11 is 0. The van der Waals surface area contributed by atoms with Crippen molar-refractivity contribution in [3.63, 3.8) is 0 Å². The molecule has 0 bridgehead atoms. The van der Waals surface area contributed by atoms with E-state index in [1.165, 1.54) is 63.4 Å². The Hall–Kier alpha value is -1.32. The lowest BCUT2D eigenvalue weighted by atomic mass is 9.31. The first-order chi connectivity index (χ1) is 17.6. The van der Waals surface area contributed by atoms with Crippen LogP contribution in [0.25, 0.3) is 0 Å². The van der Waals surface area contributed by atoms with Crippen LogP contribution >= 0.6 is 0 Å². The van der Waals surface area contributed by atoms with Gasteiger partial charge in [0.1, 0.15) is 0 Å². The maximum atomic E-state index is 11.7. The number of hydrogen-bond acceptors (Lipinski definition) is 2. The van der Waals surface area contributed by atoms with Gasteiger partial charge in [-0.2, -0.15) is 0 Å². The summed E-state index contributed by atoms with van der Waals surface area (Å²) in [5, 5.41) is 19.2. The van der Waals surface area contributed by atoms with E-state index in [4.69, 9.17) is 0 Å². The molecule has 0 aromatic heterocycles. The quantitative estimate of drug-likeness (QED) is 0.340. The second-order valence-electron chi connectivity index (χ2n) is 16.1. The topological polar surface area (TPSA) is 74.6 Å². The molecule has 0 heterocycles. The number of aliphatic carboxylic acids is 2. The predicted molar refractivity (Wildman–Crippen MR) is 152 cm³/mol. The molecular formula is C34H54O4. The number of carboxylic acid groups (broad SMARTS) is 2. The van der Waals surface area contributed by atoms with Crippen molar-refractivity contribution in [3.8, 4) is 0 Å². The van der Waals surface area contributed by atoms with Crippen molar-refractivity contribution in [2.45, 2.75) is 125 Å². The van der Waals surface area contributed by atoms with E-state index in [2.05, 4.69) is 48.1 Å². The molecule has 5 aliphatic carbocycles. The summed E-state index contributed by atoms with van der Waals surface area (Å²) in [4.78, 5) is 23.4. The molecule has 0 amide bonds. The van der Waals surface area contributed by atoms with Crippen molar-refractivity contribution < 1.29 is 19.8 Å². The fourth-order valence-electron chi connectivity index (χ4n) is 12.7. The molecule has 38 heavy (non-hydrogen) atoms. The lowest BCUT2D eigenvalue weighted by Gasteiger charge is -2.73. The van der Waals surface area contributed by atoms with Crippen LogP contribution in [0.4, 0.5) is 0 Å². The van der Waals surface area contributed by atoms with Crippen molar-refractivity contribution in [3.05, 3.63) is 12.2 Å². The van der Waals surface area contributed by atoms with Crippen LogP contribution in [0, 0.1) is 62.6 Å². The Morgan fingerprint density at radius 3 is 2.13 bits per heavy atom. The van der Waals surface area contributed by atoms with Gasteiger partial charge in [0.05, 0.1) is 0 Å². The van der Waals surface area contributed by atoms with E-state index in [0.29, 0.717) is 42.4 Å². The van der Waals surface area contributed by atoms with Crippen molar-refractivity contribution in [1.82, 2.24) is 0 Å². The summed E-state index contributed by atoms with van der Waals surface area (Å²) in [7, 11) is 0. The van der Waals surface area contributed by atoms with Crippen molar-refractivity contribution in [2.24, 2.45) is 62.6 Å². The number of hydrogen-bond donors (Lipinski definition) is 2. The molecule has 2 N–H and O–H groups in total. The van der Waals surface area contributed by atoms with E-state index in [9.17, 15) is 19.8 Å². The predicted octanol–water partition coefficient (Wildman–Crippen LogP) is 8.60. The van der Waals surface area contributed by atoms with E-state index < -0.39 is 11.9 Å². The van der Waals surface area contributed by atoms with Gasteiger partial charge in [-0.15, -0.1) is 0 Å². The van der Waals surface area contributed by atoms with Crippen LogP contribution in [0.1, 0.15) is 125 Å². The molecule has 10 atom stereocenters. The van der Waals surface area contributed by atoms with Crippen molar-refractivity contribution in [2.75, 3.05) is 0 Å². The average molecular weight is 527 g/mol. The van der Waals surface area contributed by atoms with Crippen LogP contribution < -0.4 is 0 Å². The van der Waals surface area contributed by atoms with E-state index in [1.54, 1.807) is 0 Å². The number of allylic oxidation sites excluding steroid dienone is 1. The van der Waals surface area contributed by atoms with Crippen LogP contribution in [-0.4, -0.2) is 22.2 Å². The third-order valence-corrected chi connectivity index (χ3v) is 14.7. The molecule has 0 aromatic carbocycles. The first-order valence-corrected chi connectivity index (χ1v) is 15.7. The maximum absolute atomic E-state index is 11.7. The summed E-state index contributed by atoms with van der Waals surface area (Å²) in [6.07, 6.45) is 13.4. The smallest absolute Gasteiger partial charge is 0.303 e. The Labute approximate surface area is 231 Å². The molecule has 0 saturated heterocycles. The highest BCUT2D eigenvalue weighted by molar-refractivity contribution is 5.67. The molecule has 0 radical (unpaired) electrons. The van der Waals surface area contributed by atoms with Gasteiger partial charge >= 0.3 is 11.9 Å². The third kappa shape index (κ3) is 3.80. The third-order valence-electron chi connectivity index (χ3n) is 14.7. The lowest BCUT2D eigenvalue weighted by molar-refractivity contribution is -0.243. The molecule has 0 aliphatic heterocycles. The van der Waals surface area contributed by atoms with Gasteiger partial charge < -0.3 is 10.2 Å². The Morgan fingerprint density at radius 2 is 1.50 bits per heavy atom. The molecule has 214 valence electrons. The van der Waals surface area contributed by atoms with Crippen LogP contribution in [0.15, 0.2) is 12.2 Å². The van der Waals surface area contributed by atoms with Gasteiger partial charge in [-0.1, -0.05) is 46.8 Å². The van der Waals surface area contributed by atoms with Gasteiger partial charge in [0.2, 0.25) is 0 Å². The van der Waals surface area contributed by atoms with E-state index in [-0.39, 0.29) is 33.0 Å². The zero-order valence-electron chi connectivity index (χ0n) is 25.1. The molecule has 5 rings (SSSR count). The van der Waals surface area contributed by atoms with Crippen LogP contribution in [0.3, 0.4) is 0 Å². The zero-order valence-corrected chi connectivity index (χ0v) is 25.1. The molecule has 5 saturated carbocycles. The standard InChI is InChI=1S/C34H54O4/c1-21(2)23-11-16-34(17-13-27(35)36)19-18-32(6)24(29(23)34)8-9-26-31(5)14-10-22(20-28(37)38)30(3,4)25(31)12-15-33(26,32)7/h22-26,29H,1,8-20H2,2-7H3,(H,35,36)(H,37,38)/t22-,23+,24-,25+,26-,29-,31+,32-,33-,34+/m1/s1. The zero-order chi connectivity index (χ0) is 27.9. The summed E-state index contributed by atoms with van der Waals surface area (Å²) in [6, 6.07) is 0. The van der Waals surface area contributed by atoms with Gasteiger partial charge in [0, 0.05) is 12.8 Å². The molecule has 4 nitrogen and oxygen atoms in total. The normalized spacial score (nSPS) is 49.2. The SMILES string of the molecule is C=C(C)[C@@H]1CC[C@]2(CCC(=O)O)CC[C@]3(C)[C@H](CC[C@@H]4[C@@]5(C)CC[C@H](CC(=O)O)C(C)(C)[C@@H]5CC[C@]43C)[C@@H]12. The largest absolute Gasteiger partial charge is 0.481 e. The summed E-state index contributed by atoms with van der Waals surface area (Å²) < 4.78 is 0. The Balaban J connectivity index is 1.49. The maximum Gasteiger partial charge on any atom is 0.303 e. The lowest BCUT2D eigenvalue weighted by Crippen LogP contribution is -2.66. The van der Waals surface area contributed by atoms with Crippen LogP contribution in [-0.2, 0) is 9.59 Å². The molecule has 0 spiro atoms. The van der Waals surface area contributed by atoms with E-state index in [1.807, 2.05) is 0 Å². The molecular weight excluding hydrogens is 472 g/mol. The highest BCUT2D eigenvalue weighted by atomic mass is 16.4. The fraction of sp³-hybridized carbons (Fsp3) is 0.882. The van der Waals surface area contributed by atoms with Gasteiger partial charge in [-0.05, 0) is 140 Å². The minimum Gasteiger partial charge on any atom is -0.481 e. The van der Waals surface area contributed by atoms with Gasteiger partial charge in [-0.3, -0.25) is 9.59 Å². The average Bonchev–Trinajstić information content (AvgIpc) is 3.20. The van der Waals surface area contributed by atoms with E-state index >= 15 is 0 Å². The van der Waals surface area contributed by atoms with Crippen LogP contribution in [0.5, 0.6) is 0 Å². The molecule has 5 aliphatic rings. The Bertz CT molecular complexity index is 998. The second kappa shape index (κ2) is 9.10. The van der Waals surface area contributed by atoms with Crippen molar-refractivity contribution in [1.29, 1.82) is 0 Å². The highest BCUT2D eigenvalue weighted by Crippen LogP contribution is 2.78. The molecule has 4 heteroatoms. The van der Waals surface area contributed by atoms with Gasteiger partial charge in [-0.25, -0.2) is 0 Å². The Morgan fingerprint density at radius 1 is 0.789 bits per heavy atom.